The molecule has 0 atom stereocenters. The molecule has 0 N–H and O–H groups in total. The molecule has 2 aromatic carbocycles. The average Bonchev–Trinajstić information content (AvgIpc) is 2.42. The summed E-state index contributed by atoms with van der Waals surface area (Å²) in [5.41, 5.74) is -0.279. The van der Waals surface area contributed by atoms with E-state index in [-0.39, 0.29) is 5.56 Å². The first-order valence-electron chi connectivity index (χ1n) is 5.56. The van der Waals surface area contributed by atoms with Crippen molar-refractivity contribution < 1.29 is 4.74 Å². The first-order chi connectivity index (χ1) is 9.22. The van der Waals surface area contributed by atoms with Gasteiger partial charge in [0.2, 0.25) is 0 Å². The molecule has 0 saturated carbocycles. The van der Waals surface area contributed by atoms with E-state index in [9.17, 15) is 4.79 Å². The van der Waals surface area contributed by atoms with Gasteiger partial charge in [-0.1, -0.05) is 35.1 Å². The summed E-state index contributed by atoms with van der Waals surface area (Å²) in [6.45, 7) is 0. The second kappa shape index (κ2) is 4.99. The number of ether oxygens (including phenoxy) is 1. The quantitative estimate of drug-likeness (QED) is 0.713. The van der Waals surface area contributed by atoms with Crippen LogP contribution in [0.5, 0.6) is 10.9 Å². The van der Waals surface area contributed by atoms with Crippen LogP contribution in [0.2, 0.25) is 5.02 Å². The Hall–Kier alpha value is -1.91. The van der Waals surface area contributed by atoms with Gasteiger partial charge in [0.1, 0.15) is 5.75 Å². The molecule has 3 nitrogen and oxygen atoms in total. The van der Waals surface area contributed by atoms with E-state index < -0.39 is 0 Å². The van der Waals surface area contributed by atoms with Crippen molar-refractivity contribution in [2.24, 2.45) is 0 Å². The Labute approximate surface area is 118 Å². The van der Waals surface area contributed by atoms with Crippen LogP contribution < -0.4 is 10.3 Å². The molecule has 19 heavy (non-hydrogen) atoms. The van der Waals surface area contributed by atoms with E-state index >= 15 is 0 Å². The van der Waals surface area contributed by atoms with Crippen molar-refractivity contribution in [2.45, 2.75) is 0 Å². The summed E-state index contributed by atoms with van der Waals surface area (Å²) in [6, 6.07) is 14.2. The molecule has 0 amide bonds. The van der Waals surface area contributed by atoms with Crippen LogP contribution in [0.1, 0.15) is 0 Å². The summed E-state index contributed by atoms with van der Waals surface area (Å²) in [4.78, 5) is 15.8. The van der Waals surface area contributed by atoms with Gasteiger partial charge in [-0.2, -0.15) is 4.98 Å². The van der Waals surface area contributed by atoms with Gasteiger partial charge in [-0.05, 0) is 36.4 Å². The Morgan fingerprint density at radius 1 is 1.05 bits per heavy atom. The molecular weight excluding hydrogens is 282 g/mol. The molecule has 0 aliphatic carbocycles. The minimum Gasteiger partial charge on any atom is -0.431 e. The minimum atomic E-state index is -0.279. The molecule has 3 aromatic rings. The fourth-order valence-corrected chi connectivity index (χ4v) is 2.63. The topological polar surface area (TPSA) is 39.2 Å². The zero-order valence-electron chi connectivity index (χ0n) is 9.67. The third-order valence-corrected chi connectivity index (χ3v) is 3.70. The fourth-order valence-electron chi connectivity index (χ4n) is 1.64. The monoisotopic (exact) mass is 289 g/mol. The lowest BCUT2D eigenvalue weighted by Crippen LogP contribution is -2.05. The Morgan fingerprint density at radius 2 is 1.79 bits per heavy atom. The zero-order chi connectivity index (χ0) is 13.2. The summed E-state index contributed by atoms with van der Waals surface area (Å²) in [5, 5.41) is 1.56. The largest absolute Gasteiger partial charge is 0.431 e. The van der Waals surface area contributed by atoms with Gasteiger partial charge >= 0.3 is 0 Å². The molecule has 0 unspecified atom stereocenters. The summed E-state index contributed by atoms with van der Waals surface area (Å²) < 4.78 is 6.42. The lowest BCUT2D eigenvalue weighted by molar-refractivity contribution is 0.476. The van der Waals surface area contributed by atoms with Gasteiger partial charge in [-0.25, -0.2) is 0 Å². The number of rotatable bonds is 2. The van der Waals surface area contributed by atoms with Crippen molar-refractivity contribution in [3.8, 4) is 10.9 Å². The highest BCUT2D eigenvalue weighted by Crippen LogP contribution is 2.27. The summed E-state index contributed by atoms with van der Waals surface area (Å²) in [5.74, 6) is 0.600. The van der Waals surface area contributed by atoms with Gasteiger partial charge in [0.05, 0.1) is 5.39 Å². The molecule has 0 spiro atoms. The van der Waals surface area contributed by atoms with E-state index in [1.807, 2.05) is 18.2 Å². The first-order valence-corrected chi connectivity index (χ1v) is 6.75. The number of nitrogens with zero attached hydrogens (tertiary/aromatic N) is 1. The predicted octanol–water partition coefficient (Wildman–Crippen LogP) is 4.10. The second-order valence-electron chi connectivity index (χ2n) is 3.84. The Bertz CT molecular complexity index is 783. The number of hydrogen-bond donors (Lipinski definition) is 0. The summed E-state index contributed by atoms with van der Waals surface area (Å²) in [7, 11) is 0. The van der Waals surface area contributed by atoms with Crippen molar-refractivity contribution in [3.05, 3.63) is 63.9 Å². The van der Waals surface area contributed by atoms with Crippen LogP contribution in [0.3, 0.4) is 0 Å². The Kier molecular flexibility index (Phi) is 3.19. The van der Waals surface area contributed by atoms with Crippen LogP contribution in [-0.2, 0) is 0 Å². The SMILES string of the molecule is O=c1nc(Oc2ccc(Cl)cc2)sc2ccccc12. The summed E-state index contributed by atoms with van der Waals surface area (Å²) >= 11 is 7.13. The fraction of sp³-hybridized carbons (Fsp3) is 0. The molecule has 1 aromatic heterocycles. The zero-order valence-corrected chi connectivity index (χ0v) is 11.2. The van der Waals surface area contributed by atoms with E-state index in [1.54, 1.807) is 30.3 Å². The molecule has 0 aliphatic rings. The number of aromatic nitrogens is 1. The van der Waals surface area contributed by atoms with E-state index in [0.717, 1.165) is 4.70 Å². The van der Waals surface area contributed by atoms with E-state index in [0.29, 0.717) is 21.4 Å². The van der Waals surface area contributed by atoms with Crippen molar-refractivity contribution in [2.75, 3.05) is 0 Å². The first kappa shape index (κ1) is 12.1. The maximum Gasteiger partial charge on any atom is 0.282 e. The number of fused-ring (bicyclic) bond motifs is 1. The van der Waals surface area contributed by atoms with Crippen molar-refractivity contribution in [1.82, 2.24) is 4.98 Å². The summed E-state index contributed by atoms with van der Waals surface area (Å²) in [6.07, 6.45) is 0. The molecule has 0 radical (unpaired) electrons. The van der Waals surface area contributed by atoms with Crippen molar-refractivity contribution >= 4 is 33.0 Å². The maximum atomic E-state index is 11.8. The Morgan fingerprint density at radius 3 is 2.58 bits per heavy atom. The van der Waals surface area contributed by atoms with Crippen LogP contribution in [0.15, 0.2) is 53.3 Å². The molecule has 1 heterocycles. The molecule has 0 aliphatic heterocycles. The van der Waals surface area contributed by atoms with Gasteiger partial charge in [0.25, 0.3) is 10.8 Å². The van der Waals surface area contributed by atoms with Crippen LogP contribution >= 0.6 is 22.9 Å². The lowest BCUT2D eigenvalue weighted by Gasteiger charge is -2.04. The van der Waals surface area contributed by atoms with Gasteiger partial charge in [-0.15, -0.1) is 0 Å². The lowest BCUT2D eigenvalue weighted by atomic mass is 10.3. The molecule has 5 heteroatoms. The molecule has 0 bridgehead atoms. The van der Waals surface area contributed by atoms with Gasteiger partial charge in [0, 0.05) is 9.72 Å². The number of halogens is 1. The highest BCUT2D eigenvalue weighted by molar-refractivity contribution is 7.19. The molecule has 3 rings (SSSR count). The van der Waals surface area contributed by atoms with Crippen LogP contribution in [0, 0.1) is 0 Å². The van der Waals surface area contributed by atoms with Gasteiger partial charge in [0.15, 0.2) is 0 Å². The van der Waals surface area contributed by atoms with Crippen LogP contribution in [0.4, 0.5) is 0 Å². The number of benzene rings is 2. The van der Waals surface area contributed by atoms with Crippen LogP contribution in [-0.4, -0.2) is 4.98 Å². The molecule has 94 valence electrons. The third-order valence-electron chi connectivity index (χ3n) is 2.53. The standard InChI is InChI=1S/C14H8ClNO2S/c15-9-5-7-10(8-6-9)18-14-16-13(17)11-3-1-2-4-12(11)19-14/h1-8H. The van der Waals surface area contributed by atoms with Crippen molar-refractivity contribution in [1.29, 1.82) is 0 Å². The average molecular weight is 290 g/mol. The van der Waals surface area contributed by atoms with Gasteiger partial charge in [-0.3, -0.25) is 4.79 Å². The molecular formula is C14H8ClNO2S. The minimum absolute atomic E-state index is 0.279. The third kappa shape index (κ3) is 2.59. The highest BCUT2D eigenvalue weighted by Gasteiger charge is 2.05. The molecule has 0 fully saturated rings. The Balaban J connectivity index is 2.01. The highest BCUT2D eigenvalue weighted by atomic mass is 35.5. The normalized spacial score (nSPS) is 10.6. The van der Waals surface area contributed by atoms with Crippen molar-refractivity contribution in [3.63, 3.8) is 0 Å². The van der Waals surface area contributed by atoms with E-state index in [1.165, 1.54) is 11.3 Å². The molecule has 0 saturated heterocycles. The van der Waals surface area contributed by atoms with Gasteiger partial charge < -0.3 is 4.74 Å². The maximum absolute atomic E-state index is 11.8. The van der Waals surface area contributed by atoms with E-state index in [2.05, 4.69) is 4.98 Å². The second-order valence-corrected chi connectivity index (χ2v) is 5.27. The number of hydrogen-bond acceptors (Lipinski definition) is 4. The smallest absolute Gasteiger partial charge is 0.282 e. The predicted molar refractivity (Wildman–Crippen MR) is 77.4 cm³/mol. The van der Waals surface area contributed by atoms with E-state index in [4.69, 9.17) is 16.3 Å². The van der Waals surface area contributed by atoms with Crippen LogP contribution in [0.25, 0.3) is 10.1 Å².